The van der Waals surface area contributed by atoms with Crippen LogP contribution in [0.1, 0.15) is 23.2 Å². The SMILES string of the molecule is CNC(=O)c1cc(Cl)ccc1N1CCCC1. The highest BCUT2D eigenvalue weighted by Gasteiger charge is 2.18. The van der Waals surface area contributed by atoms with Gasteiger partial charge in [0.1, 0.15) is 0 Å². The number of benzene rings is 1. The summed E-state index contributed by atoms with van der Waals surface area (Å²) in [4.78, 5) is 14.0. The second kappa shape index (κ2) is 4.74. The van der Waals surface area contributed by atoms with Gasteiger partial charge in [-0.25, -0.2) is 0 Å². The third kappa shape index (κ3) is 2.14. The maximum absolute atomic E-state index is 11.7. The van der Waals surface area contributed by atoms with Gasteiger partial charge in [-0.1, -0.05) is 11.6 Å². The number of nitrogens with one attached hydrogen (secondary N) is 1. The van der Waals surface area contributed by atoms with Gasteiger partial charge in [0.15, 0.2) is 0 Å². The Hall–Kier alpha value is -1.22. The molecule has 1 amide bonds. The fourth-order valence-electron chi connectivity index (χ4n) is 2.06. The minimum atomic E-state index is -0.0793. The standard InChI is InChI=1S/C12H15ClN2O/c1-14-12(16)10-8-9(13)4-5-11(10)15-6-2-3-7-15/h4-5,8H,2-3,6-7H2,1H3,(H,14,16). The van der Waals surface area contributed by atoms with E-state index in [2.05, 4.69) is 10.2 Å². The Labute approximate surface area is 100 Å². The van der Waals surface area contributed by atoms with Crippen molar-refractivity contribution in [2.75, 3.05) is 25.0 Å². The fraction of sp³-hybridized carbons (Fsp3) is 0.417. The van der Waals surface area contributed by atoms with E-state index in [0.717, 1.165) is 18.8 Å². The summed E-state index contributed by atoms with van der Waals surface area (Å²) in [6.07, 6.45) is 2.38. The van der Waals surface area contributed by atoms with Gasteiger partial charge >= 0.3 is 0 Å². The van der Waals surface area contributed by atoms with E-state index < -0.39 is 0 Å². The zero-order chi connectivity index (χ0) is 11.5. The summed E-state index contributed by atoms with van der Waals surface area (Å²) in [6, 6.07) is 5.49. The highest BCUT2D eigenvalue weighted by molar-refractivity contribution is 6.31. The lowest BCUT2D eigenvalue weighted by Gasteiger charge is -2.20. The molecule has 16 heavy (non-hydrogen) atoms. The Morgan fingerprint density at radius 1 is 1.38 bits per heavy atom. The molecule has 0 unspecified atom stereocenters. The molecule has 2 rings (SSSR count). The average Bonchev–Trinajstić information content (AvgIpc) is 2.81. The van der Waals surface area contributed by atoms with Crippen molar-refractivity contribution in [3.8, 4) is 0 Å². The van der Waals surface area contributed by atoms with Gasteiger partial charge in [0.2, 0.25) is 0 Å². The zero-order valence-electron chi connectivity index (χ0n) is 9.29. The normalized spacial score (nSPS) is 15.2. The second-order valence-electron chi connectivity index (χ2n) is 3.93. The maximum atomic E-state index is 11.7. The van der Waals surface area contributed by atoms with Gasteiger partial charge in [-0.05, 0) is 31.0 Å². The van der Waals surface area contributed by atoms with Crippen LogP contribution in [0, 0.1) is 0 Å². The van der Waals surface area contributed by atoms with Crippen LogP contribution >= 0.6 is 11.6 Å². The van der Waals surface area contributed by atoms with E-state index in [-0.39, 0.29) is 5.91 Å². The van der Waals surface area contributed by atoms with E-state index in [0.29, 0.717) is 10.6 Å². The molecular weight excluding hydrogens is 224 g/mol. The number of anilines is 1. The summed E-state index contributed by atoms with van der Waals surface area (Å²) in [5.41, 5.74) is 1.65. The number of carbonyl (C=O) groups is 1. The number of hydrogen-bond donors (Lipinski definition) is 1. The van der Waals surface area contributed by atoms with Crippen LogP contribution in [-0.4, -0.2) is 26.0 Å². The molecule has 1 aromatic rings. The first-order valence-corrected chi connectivity index (χ1v) is 5.87. The van der Waals surface area contributed by atoms with E-state index in [1.165, 1.54) is 12.8 Å². The number of carbonyl (C=O) groups excluding carboxylic acids is 1. The topological polar surface area (TPSA) is 32.3 Å². The van der Waals surface area contributed by atoms with Crippen molar-refractivity contribution >= 4 is 23.2 Å². The average molecular weight is 239 g/mol. The molecule has 1 aliphatic rings. The van der Waals surface area contributed by atoms with Gasteiger partial charge in [0.05, 0.1) is 5.56 Å². The fourth-order valence-corrected chi connectivity index (χ4v) is 2.23. The molecule has 0 aromatic heterocycles. The monoisotopic (exact) mass is 238 g/mol. The first-order valence-electron chi connectivity index (χ1n) is 5.49. The number of amides is 1. The van der Waals surface area contributed by atoms with E-state index >= 15 is 0 Å². The third-order valence-corrected chi connectivity index (χ3v) is 3.11. The van der Waals surface area contributed by atoms with E-state index in [9.17, 15) is 4.79 Å². The maximum Gasteiger partial charge on any atom is 0.253 e. The van der Waals surface area contributed by atoms with Crippen LogP contribution in [0.15, 0.2) is 18.2 Å². The summed E-state index contributed by atoms with van der Waals surface area (Å²) >= 11 is 5.93. The zero-order valence-corrected chi connectivity index (χ0v) is 10.0. The Balaban J connectivity index is 2.38. The van der Waals surface area contributed by atoms with Crippen molar-refractivity contribution in [2.24, 2.45) is 0 Å². The molecule has 1 aliphatic heterocycles. The summed E-state index contributed by atoms with van der Waals surface area (Å²) in [5.74, 6) is -0.0793. The van der Waals surface area contributed by atoms with E-state index in [1.54, 1.807) is 13.1 Å². The van der Waals surface area contributed by atoms with Crippen LogP contribution in [0.4, 0.5) is 5.69 Å². The first kappa shape index (κ1) is 11.3. The van der Waals surface area contributed by atoms with Crippen LogP contribution < -0.4 is 10.2 Å². The Morgan fingerprint density at radius 2 is 2.06 bits per heavy atom. The van der Waals surface area contributed by atoms with Crippen molar-refractivity contribution < 1.29 is 4.79 Å². The lowest BCUT2D eigenvalue weighted by Crippen LogP contribution is -2.25. The molecule has 3 nitrogen and oxygen atoms in total. The van der Waals surface area contributed by atoms with Crippen LogP contribution in [0.25, 0.3) is 0 Å². The van der Waals surface area contributed by atoms with Crippen molar-refractivity contribution in [1.82, 2.24) is 5.32 Å². The molecule has 0 spiro atoms. The largest absolute Gasteiger partial charge is 0.371 e. The number of hydrogen-bond acceptors (Lipinski definition) is 2. The van der Waals surface area contributed by atoms with Crippen molar-refractivity contribution in [2.45, 2.75) is 12.8 Å². The lowest BCUT2D eigenvalue weighted by atomic mass is 10.1. The Morgan fingerprint density at radius 3 is 2.69 bits per heavy atom. The smallest absolute Gasteiger partial charge is 0.253 e. The predicted octanol–water partition coefficient (Wildman–Crippen LogP) is 2.30. The molecule has 0 saturated carbocycles. The van der Waals surface area contributed by atoms with Crippen LogP contribution in [0.3, 0.4) is 0 Å². The third-order valence-electron chi connectivity index (χ3n) is 2.88. The summed E-state index contributed by atoms with van der Waals surface area (Å²) in [7, 11) is 1.64. The van der Waals surface area contributed by atoms with Crippen LogP contribution in [0.5, 0.6) is 0 Å². The molecule has 0 aliphatic carbocycles. The molecule has 0 radical (unpaired) electrons. The molecule has 1 heterocycles. The molecule has 1 aromatic carbocycles. The molecule has 1 fully saturated rings. The van der Waals surface area contributed by atoms with Crippen molar-refractivity contribution in [3.63, 3.8) is 0 Å². The lowest BCUT2D eigenvalue weighted by molar-refractivity contribution is 0.0963. The molecular formula is C12H15ClN2O. The van der Waals surface area contributed by atoms with Gasteiger partial charge in [-0.2, -0.15) is 0 Å². The van der Waals surface area contributed by atoms with E-state index in [1.807, 2.05) is 12.1 Å². The van der Waals surface area contributed by atoms with Gasteiger partial charge < -0.3 is 10.2 Å². The number of halogens is 1. The van der Waals surface area contributed by atoms with Gasteiger partial charge in [0.25, 0.3) is 5.91 Å². The summed E-state index contributed by atoms with van der Waals surface area (Å²) in [6.45, 7) is 2.04. The van der Waals surface area contributed by atoms with Crippen LogP contribution in [0.2, 0.25) is 5.02 Å². The quantitative estimate of drug-likeness (QED) is 0.858. The van der Waals surface area contributed by atoms with Gasteiger partial charge in [-0.3, -0.25) is 4.79 Å². The van der Waals surface area contributed by atoms with Crippen molar-refractivity contribution in [1.29, 1.82) is 0 Å². The summed E-state index contributed by atoms with van der Waals surface area (Å²) in [5, 5.41) is 3.25. The molecule has 86 valence electrons. The molecule has 0 atom stereocenters. The number of nitrogens with zero attached hydrogens (tertiary/aromatic N) is 1. The molecule has 1 N–H and O–H groups in total. The highest BCUT2D eigenvalue weighted by Crippen LogP contribution is 2.27. The Kier molecular flexibility index (Phi) is 3.34. The minimum Gasteiger partial charge on any atom is -0.371 e. The Bertz CT molecular complexity index is 400. The van der Waals surface area contributed by atoms with Gasteiger partial charge in [0, 0.05) is 30.8 Å². The highest BCUT2D eigenvalue weighted by atomic mass is 35.5. The predicted molar refractivity (Wildman–Crippen MR) is 66.3 cm³/mol. The second-order valence-corrected chi connectivity index (χ2v) is 4.37. The number of rotatable bonds is 2. The van der Waals surface area contributed by atoms with Crippen LogP contribution in [-0.2, 0) is 0 Å². The van der Waals surface area contributed by atoms with Gasteiger partial charge in [-0.15, -0.1) is 0 Å². The molecule has 0 bridgehead atoms. The molecule has 4 heteroatoms. The first-order chi connectivity index (χ1) is 7.72. The summed E-state index contributed by atoms with van der Waals surface area (Å²) < 4.78 is 0. The van der Waals surface area contributed by atoms with Crippen molar-refractivity contribution in [3.05, 3.63) is 28.8 Å². The van der Waals surface area contributed by atoms with E-state index in [4.69, 9.17) is 11.6 Å². The minimum absolute atomic E-state index is 0.0793. The molecule has 1 saturated heterocycles.